The van der Waals surface area contributed by atoms with Gasteiger partial charge in [-0.1, -0.05) is 48.5 Å². The highest BCUT2D eigenvalue weighted by atomic mass is 32.2. The number of furan rings is 1. The number of aryl methyl sites for hydroxylation is 1. The largest absolute Gasteiger partial charge is 0.468 e. The lowest BCUT2D eigenvalue weighted by molar-refractivity contribution is -0.119. The molecule has 2 aromatic carbocycles. The van der Waals surface area contributed by atoms with Crippen LogP contribution < -0.4 is 4.90 Å². The SMILES string of the molecule is O=C(CN(Cc1ccco1)S(=O)(=O)/C=C/c1ccccc1)N1CCCc2ccccc21. The summed E-state index contributed by atoms with van der Waals surface area (Å²) in [5.74, 6) is 0.221. The summed E-state index contributed by atoms with van der Waals surface area (Å²) in [5, 5.41) is 1.14. The lowest BCUT2D eigenvalue weighted by Gasteiger charge is -2.31. The number of anilines is 1. The molecule has 4 rings (SSSR count). The molecule has 1 amide bonds. The molecule has 0 N–H and O–H groups in total. The van der Waals surface area contributed by atoms with Gasteiger partial charge in [-0.2, -0.15) is 4.31 Å². The Balaban J connectivity index is 1.58. The molecule has 2 heterocycles. The van der Waals surface area contributed by atoms with Crippen molar-refractivity contribution in [3.63, 3.8) is 0 Å². The van der Waals surface area contributed by atoms with Gasteiger partial charge in [0, 0.05) is 17.6 Å². The number of hydrogen-bond donors (Lipinski definition) is 0. The van der Waals surface area contributed by atoms with E-state index in [1.165, 1.54) is 12.3 Å². The van der Waals surface area contributed by atoms with Crippen LogP contribution in [-0.2, 0) is 27.8 Å². The highest BCUT2D eigenvalue weighted by molar-refractivity contribution is 7.92. The quantitative estimate of drug-likeness (QED) is 0.560. The van der Waals surface area contributed by atoms with Gasteiger partial charge in [0.15, 0.2) is 0 Å². The van der Waals surface area contributed by atoms with E-state index in [1.54, 1.807) is 17.0 Å². The van der Waals surface area contributed by atoms with E-state index in [9.17, 15) is 13.2 Å². The first kappa shape index (κ1) is 21.1. The van der Waals surface area contributed by atoms with Crippen molar-refractivity contribution in [3.05, 3.63) is 95.3 Å². The Hall–Kier alpha value is -3.16. The predicted molar refractivity (Wildman–Crippen MR) is 121 cm³/mol. The number of sulfonamides is 1. The fourth-order valence-electron chi connectivity index (χ4n) is 3.66. The van der Waals surface area contributed by atoms with Gasteiger partial charge in [-0.3, -0.25) is 4.79 Å². The van der Waals surface area contributed by atoms with Crippen LogP contribution >= 0.6 is 0 Å². The standard InChI is InChI=1S/C24H24N2O4S/c27-24(26-15-6-11-21-10-4-5-13-23(21)26)19-25(18-22-12-7-16-30-22)31(28,29)17-14-20-8-2-1-3-9-20/h1-5,7-10,12-14,16-17H,6,11,15,18-19H2/b17-14+. The van der Waals surface area contributed by atoms with Crippen molar-refractivity contribution in [3.8, 4) is 0 Å². The number of hydrogen-bond acceptors (Lipinski definition) is 4. The summed E-state index contributed by atoms with van der Waals surface area (Å²) in [6.07, 6.45) is 4.78. The van der Waals surface area contributed by atoms with E-state index >= 15 is 0 Å². The molecule has 3 aromatic rings. The van der Waals surface area contributed by atoms with Crippen LogP contribution in [0, 0.1) is 0 Å². The molecule has 1 aliphatic heterocycles. The summed E-state index contributed by atoms with van der Waals surface area (Å²) in [4.78, 5) is 14.9. The first-order valence-corrected chi connectivity index (χ1v) is 11.7. The number of rotatable bonds is 7. The van der Waals surface area contributed by atoms with Gasteiger partial charge in [0.2, 0.25) is 15.9 Å². The first-order valence-electron chi connectivity index (χ1n) is 10.2. The van der Waals surface area contributed by atoms with Crippen LogP contribution in [0.2, 0.25) is 0 Å². The molecule has 0 radical (unpaired) electrons. The molecular formula is C24H24N2O4S. The second kappa shape index (κ2) is 9.32. The van der Waals surface area contributed by atoms with Gasteiger partial charge in [-0.25, -0.2) is 8.42 Å². The molecule has 0 unspecified atom stereocenters. The van der Waals surface area contributed by atoms with Gasteiger partial charge in [0.1, 0.15) is 5.76 Å². The summed E-state index contributed by atoms with van der Waals surface area (Å²) in [6.45, 7) is 0.288. The fraction of sp³-hybridized carbons (Fsp3) is 0.208. The van der Waals surface area contributed by atoms with E-state index in [0.717, 1.165) is 39.4 Å². The molecule has 1 aliphatic rings. The first-order chi connectivity index (χ1) is 15.0. The van der Waals surface area contributed by atoms with E-state index in [0.29, 0.717) is 12.3 Å². The highest BCUT2D eigenvalue weighted by Crippen LogP contribution is 2.27. The predicted octanol–water partition coefficient (Wildman–Crippen LogP) is 4.06. The maximum Gasteiger partial charge on any atom is 0.242 e. The van der Waals surface area contributed by atoms with Crippen LogP contribution in [0.3, 0.4) is 0 Å². The summed E-state index contributed by atoms with van der Waals surface area (Å²) in [5.41, 5.74) is 2.72. The second-order valence-corrected chi connectivity index (χ2v) is 9.20. The van der Waals surface area contributed by atoms with Gasteiger partial charge in [-0.15, -0.1) is 0 Å². The number of benzene rings is 2. The zero-order valence-electron chi connectivity index (χ0n) is 17.1. The van der Waals surface area contributed by atoms with Crippen molar-refractivity contribution in [1.29, 1.82) is 0 Å². The maximum absolute atomic E-state index is 13.2. The molecule has 7 heteroatoms. The molecule has 0 spiro atoms. The second-order valence-electron chi connectivity index (χ2n) is 7.38. The topological polar surface area (TPSA) is 70.8 Å². The van der Waals surface area contributed by atoms with Crippen molar-refractivity contribution in [2.45, 2.75) is 19.4 Å². The minimum atomic E-state index is -3.86. The van der Waals surface area contributed by atoms with E-state index < -0.39 is 10.0 Å². The van der Waals surface area contributed by atoms with Crippen molar-refractivity contribution in [2.75, 3.05) is 18.0 Å². The fourth-order valence-corrected chi connectivity index (χ4v) is 4.75. The van der Waals surface area contributed by atoms with Gasteiger partial charge >= 0.3 is 0 Å². The highest BCUT2D eigenvalue weighted by Gasteiger charge is 2.28. The molecular weight excluding hydrogens is 412 g/mol. The Bertz CT molecular complexity index is 1160. The minimum absolute atomic E-state index is 0.0182. The molecule has 0 saturated carbocycles. The average Bonchev–Trinajstić information content (AvgIpc) is 3.31. The molecule has 0 aliphatic carbocycles. The van der Waals surface area contributed by atoms with Crippen molar-refractivity contribution >= 4 is 27.7 Å². The van der Waals surface area contributed by atoms with E-state index in [-0.39, 0.29) is 19.0 Å². The van der Waals surface area contributed by atoms with Crippen LogP contribution in [0.5, 0.6) is 0 Å². The molecule has 0 bridgehead atoms. The Morgan fingerprint density at radius 2 is 1.81 bits per heavy atom. The third-order valence-corrected chi connectivity index (χ3v) is 6.69. The van der Waals surface area contributed by atoms with Crippen LogP contribution in [0.15, 0.2) is 82.8 Å². The Labute approximate surface area is 182 Å². The number of carbonyl (C=O) groups excluding carboxylic acids is 1. The number of amides is 1. The van der Waals surface area contributed by atoms with Crippen LogP contribution in [0.1, 0.15) is 23.3 Å². The molecule has 6 nitrogen and oxygen atoms in total. The van der Waals surface area contributed by atoms with E-state index in [4.69, 9.17) is 4.42 Å². The molecule has 0 saturated heterocycles. The van der Waals surface area contributed by atoms with Crippen molar-refractivity contribution < 1.29 is 17.6 Å². The normalized spacial score (nSPS) is 14.2. The minimum Gasteiger partial charge on any atom is -0.468 e. The third-order valence-electron chi connectivity index (χ3n) is 5.23. The zero-order chi connectivity index (χ0) is 21.7. The monoisotopic (exact) mass is 436 g/mol. The van der Waals surface area contributed by atoms with Crippen LogP contribution in [0.4, 0.5) is 5.69 Å². The maximum atomic E-state index is 13.2. The number of carbonyl (C=O) groups is 1. The summed E-state index contributed by atoms with van der Waals surface area (Å²) in [7, 11) is -3.86. The van der Waals surface area contributed by atoms with Crippen molar-refractivity contribution in [1.82, 2.24) is 4.31 Å². The molecule has 1 aromatic heterocycles. The molecule has 0 atom stereocenters. The Morgan fingerprint density at radius 1 is 1.03 bits per heavy atom. The summed E-state index contributed by atoms with van der Waals surface area (Å²) < 4.78 is 32.7. The number of nitrogens with zero attached hydrogens (tertiary/aromatic N) is 2. The number of para-hydroxylation sites is 1. The Kier molecular flexibility index (Phi) is 6.34. The lowest BCUT2D eigenvalue weighted by atomic mass is 10.0. The third kappa shape index (κ3) is 5.13. The zero-order valence-corrected chi connectivity index (χ0v) is 17.9. The molecule has 0 fully saturated rings. The summed E-state index contributed by atoms with van der Waals surface area (Å²) >= 11 is 0. The average molecular weight is 437 g/mol. The van der Waals surface area contributed by atoms with Crippen LogP contribution in [0.25, 0.3) is 6.08 Å². The van der Waals surface area contributed by atoms with Gasteiger partial charge < -0.3 is 9.32 Å². The summed E-state index contributed by atoms with van der Waals surface area (Å²) in [6, 6.07) is 20.3. The van der Waals surface area contributed by atoms with Gasteiger partial charge in [0.05, 0.1) is 19.4 Å². The van der Waals surface area contributed by atoms with Crippen molar-refractivity contribution in [2.24, 2.45) is 0 Å². The van der Waals surface area contributed by atoms with Gasteiger partial charge in [0.25, 0.3) is 0 Å². The number of fused-ring (bicyclic) bond motifs is 1. The van der Waals surface area contributed by atoms with Crippen LogP contribution in [-0.4, -0.2) is 31.7 Å². The smallest absolute Gasteiger partial charge is 0.242 e. The Morgan fingerprint density at radius 3 is 2.58 bits per heavy atom. The van der Waals surface area contributed by atoms with Gasteiger partial charge in [-0.05, 0) is 48.2 Å². The van der Waals surface area contributed by atoms with E-state index in [2.05, 4.69) is 0 Å². The van der Waals surface area contributed by atoms with E-state index in [1.807, 2.05) is 54.6 Å². The molecule has 31 heavy (non-hydrogen) atoms. The lowest BCUT2D eigenvalue weighted by Crippen LogP contribution is -2.44. The molecule has 160 valence electrons.